The molecule has 0 aromatic heterocycles. The van der Waals surface area contributed by atoms with E-state index in [2.05, 4.69) is 5.32 Å². The molecule has 0 fully saturated rings. The van der Waals surface area contributed by atoms with E-state index >= 15 is 0 Å². The highest BCUT2D eigenvalue weighted by molar-refractivity contribution is 5.96. The molecule has 1 amide bonds. The Morgan fingerprint density at radius 1 is 0.967 bits per heavy atom. The molecular formula is C22H25NO7. The van der Waals surface area contributed by atoms with Gasteiger partial charge in [-0.15, -0.1) is 0 Å². The molecule has 1 heterocycles. The summed E-state index contributed by atoms with van der Waals surface area (Å²) in [6, 6.07) is 9.86. The predicted molar refractivity (Wildman–Crippen MR) is 110 cm³/mol. The minimum atomic E-state index is -0.629. The lowest BCUT2D eigenvalue weighted by atomic mass is 10.2. The molecule has 1 aliphatic heterocycles. The van der Waals surface area contributed by atoms with Crippen LogP contribution in [0.1, 0.15) is 30.6 Å². The lowest BCUT2D eigenvalue weighted by molar-refractivity contribution is -0.119. The number of carbonyl (C=O) groups is 2. The van der Waals surface area contributed by atoms with Crippen molar-refractivity contribution in [2.24, 2.45) is 0 Å². The first kappa shape index (κ1) is 21.3. The van der Waals surface area contributed by atoms with E-state index in [4.69, 9.17) is 23.7 Å². The molecule has 1 aliphatic rings. The van der Waals surface area contributed by atoms with Crippen LogP contribution in [0.25, 0.3) is 0 Å². The summed E-state index contributed by atoms with van der Waals surface area (Å²) in [6.07, 6.45) is 0.855. The van der Waals surface area contributed by atoms with Crippen LogP contribution in [0.5, 0.6) is 23.0 Å². The van der Waals surface area contributed by atoms with Crippen LogP contribution in [0.4, 0.5) is 5.69 Å². The van der Waals surface area contributed by atoms with Crippen LogP contribution < -0.4 is 24.3 Å². The van der Waals surface area contributed by atoms with Gasteiger partial charge in [-0.3, -0.25) is 4.79 Å². The lowest BCUT2D eigenvalue weighted by Crippen LogP contribution is -2.21. The number of esters is 1. The van der Waals surface area contributed by atoms with Gasteiger partial charge in [0.15, 0.2) is 29.6 Å². The van der Waals surface area contributed by atoms with Crippen molar-refractivity contribution in [3.05, 3.63) is 42.0 Å². The molecule has 0 spiro atoms. The Bertz CT molecular complexity index is 897. The smallest absolute Gasteiger partial charge is 0.338 e. The van der Waals surface area contributed by atoms with Crippen molar-refractivity contribution in [2.75, 3.05) is 38.4 Å². The molecule has 1 N–H and O–H groups in total. The number of ether oxygens (including phenoxy) is 5. The highest BCUT2D eigenvalue weighted by atomic mass is 16.6. The highest BCUT2D eigenvalue weighted by Crippen LogP contribution is 2.32. The van der Waals surface area contributed by atoms with Crippen molar-refractivity contribution in [2.45, 2.75) is 20.3 Å². The summed E-state index contributed by atoms with van der Waals surface area (Å²) < 4.78 is 27.2. The first-order valence-electron chi connectivity index (χ1n) is 9.87. The van der Waals surface area contributed by atoms with E-state index in [0.29, 0.717) is 55.1 Å². The molecule has 0 bridgehead atoms. The monoisotopic (exact) mass is 415 g/mol. The van der Waals surface area contributed by atoms with Crippen molar-refractivity contribution in [3.63, 3.8) is 0 Å². The standard InChI is InChI=1S/C22H25NO7/c1-3-9-27-17-7-5-15(12-19(17)26-4-2)22(25)30-14-21(24)23-16-6-8-18-20(13-16)29-11-10-28-18/h5-8,12-13H,3-4,9-11,14H2,1-2H3,(H,23,24). The van der Waals surface area contributed by atoms with Gasteiger partial charge in [0, 0.05) is 11.8 Å². The number of benzene rings is 2. The SMILES string of the molecule is CCCOc1ccc(C(=O)OCC(=O)Nc2ccc3c(c2)OCCO3)cc1OCC. The molecule has 2 aromatic rings. The fourth-order valence-electron chi connectivity index (χ4n) is 2.77. The third-order valence-electron chi connectivity index (χ3n) is 4.10. The first-order valence-corrected chi connectivity index (χ1v) is 9.87. The van der Waals surface area contributed by atoms with Gasteiger partial charge < -0.3 is 29.0 Å². The molecule has 0 saturated carbocycles. The van der Waals surface area contributed by atoms with Crippen LogP contribution in [-0.4, -0.2) is 44.9 Å². The molecule has 0 atom stereocenters. The Morgan fingerprint density at radius 3 is 2.53 bits per heavy atom. The summed E-state index contributed by atoms with van der Waals surface area (Å²) in [5, 5.41) is 2.67. The largest absolute Gasteiger partial charge is 0.490 e. The van der Waals surface area contributed by atoms with Gasteiger partial charge in [0.05, 0.1) is 18.8 Å². The Morgan fingerprint density at radius 2 is 1.77 bits per heavy atom. The predicted octanol–water partition coefficient (Wildman–Crippen LogP) is 3.44. The number of anilines is 1. The van der Waals surface area contributed by atoms with E-state index in [-0.39, 0.29) is 5.56 Å². The van der Waals surface area contributed by atoms with Crippen molar-refractivity contribution in [1.82, 2.24) is 0 Å². The maximum Gasteiger partial charge on any atom is 0.338 e. The highest BCUT2D eigenvalue weighted by Gasteiger charge is 2.16. The zero-order valence-corrected chi connectivity index (χ0v) is 17.1. The second-order valence-corrected chi connectivity index (χ2v) is 6.43. The van der Waals surface area contributed by atoms with Crippen LogP contribution in [0.15, 0.2) is 36.4 Å². The molecule has 3 rings (SSSR count). The van der Waals surface area contributed by atoms with Crippen LogP contribution in [-0.2, 0) is 9.53 Å². The molecule has 0 radical (unpaired) electrons. The Balaban J connectivity index is 1.56. The topological polar surface area (TPSA) is 92.3 Å². The summed E-state index contributed by atoms with van der Waals surface area (Å²) in [6.45, 7) is 5.34. The zero-order valence-electron chi connectivity index (χ0n) is 17.1. The van der Waals surface area contributed by atoms with Crippen LogP contribution in [0.2, 0.25) is 0 Å². The molecule has 30 heavy (non-hydrogen) atoms. The fraction of sp³-hybridized carbons (Fsp3) is 0.364. The molecule has 160 valence electrons. The van der Waals surface area contributed by atoms with Gasteiger partial charge in [-0.25, -0.2) is 4.79 Å². The quantitative estimate of drug-likeness (QED) is 0.627. The molecule has 2 aromatic carbocycles. The Kier molecular flexibility index (Phi) is 7.37. The molecule has 0 aliphatic carbocycles. The van der Waals surface area contributed by atoms with Gasteiger partial charge in [-0.2, -0.15) is 0 Å². The maximum atomic E-state index is 12.3. The van der Waals surface area contributed by atoms with Crippen LogP contribution in [0.3, 0.4) is 0 Å². The van der Waals surface area contributed by atoms with Crippen molar-refractivity contribution < 1.29 is 33.3 Å². The number of rotatable bonds is 9. The lowest BCUT2D eigenvalue weighted by Gasteiger charge is -2.19. The Hall–Kier alpha value is -3.42. The number of carbonyl (C=O) groups excluding carboxylic acids is 2. The molecule has 0 unspecified atom stereocenters. The van der Waals surface area contributed by atoms with E-state index in [0.717, 1.165) is 6.42 Å². The molecular weight excluding hydrogens is 390 g/mol. The summed E-state index contributed by atoms with van der Waals surface area (Å²) in [7, 11) is 0. The van der Waals surface area contributed by atoms with Crippen LogP contribution in [0, 0.1) is 0 Å². The summed E-state index contributed by atoms with van der Waals surface area (Å²) in [4.78, 5) is 24.5. The maximum absolute atomic E-state index is 12.3. The fourth-order valence-corrected chi connectivity index (χ4v) is 2.77. The first-order chi connectivity index (χ1) is 14.6. The van der Waals surface area contributed by atoms with E-state index in [1.807, 2.05) is 13.8 Å². The number of amides is 1. The number of hydrogen-bond donors (Lipinski definition) is 1. The molecule has 8 nitrogen and oxygen atoms in total. The second-order valence-electron chi connectivity index (χ2n) is 6.43. The van der Waals surface area contributed by atoms with Gasteiger partial charge in [0.2, 0.25) is 0 Å². The average molecular weight is 415 g/mol. The third kappa shape index (κ3) is 5.56. The van der Waals surface area contributed by atoms with E-state index in [9.17, 15) is 9.59 Å². The van der Waals surface area contributed by atoms with Gasteiger partial charge in [-0.1, -0.05) is 6.92 Å². The van der Waals surface area contributed by atoms with Gasteiger partial charge in [0.25, 0.3) is 5.91 Å². The molecule has 8 heteroatoms. The van der Waals surface area contributed by atoms with E-state index < -0.39 is 18.5 Å². The molecule has 0 saturated heterocycles. The number of fused-ring (bicyclic) bond motifs is 1. The number of nitrogens with one attached hydrogen (secondary N) is 1. The third-order valence-corrected chi connectivity index (χ3v) is 4.10. The number of hydrogen-bond acceptors (Lipinski definition) is 7. The van der Waals surface area contributed by atoms with Crippen molar-refractivity contribution in [3.8, 4) is 23.0 Å². The minimum Gasteiger partial charge on any atom is -0.490 e. The van der Waals surface area contributed by atoms with Crippen molar-refractivity contribution >= 4 is 17.6 Å². The summed E-state index contributed by atoms with van der Waals surface area (Å²) >= 11 is 0. The average Bonchev–Trinajstić information content (AvgIpc) is 2.76. The summed E-state index contributed by atoms with van der Waals surface area (Å²) in [5.41, 5.74) is 0.797. The van der Waals surface area contributed by atoms with Crippen LogP contribution >= 0.6 is 0 Å². The van der Waals surface area contributed by atoms with E-state index in [1.54, 1.807) is 36.4 Å². The van der Waals surface area contributed by atoms with E-state index in [1.165, 1.54) is 0 Å². The Labute approximate surface area is 175 Å². The van der Waals surface area contributed by atoms with Gasteiger partial charge in [0.1, 0.15) is 13.2 Å². The van der Waals surface area contributed by atoms with Crippen molar-refractivity contribution in [1.29, 1.82) is 0 Å². The van der Waals surface area contributed by atoms with Gasteiger partial charge in [-0.05, 0) is 43.7 Å². The second kappa shape index (κ2) is 10.4. The normalized spacial score (nSPS) is 12.1. The summed E-state index contributed by atoms with van der Waals surface area (Å²) in [5.74, 6) is 1.11. The van der Waals surface area contributed by atoms with Gasteiger partial charge >= 0.3 is 5.97 Å². The zero-order chi connectivity index (χ0) is 21.3. The minimum absolute atomic E-state index is 0.273.